The first kappa shape index (κ1) is 16.5. The summed E-state index contributed by atoms with van der Waals surface area (Å²) in [5, 5.41) is 8.34. The minimum absolute atomic E-state index is 0.0616. The van der Waals surface area contributed by atoms with Crippen LogP contribution in [0.4, 0.5) is 4.39 Å². The van der Waals surface area contributed by atoms with Crippen molar-refractivity contribution in [2.45, 2.75) is 27.7 Å². The van der Waals surface area contributed by atoms with E-state index in [1.807, 2.05) is 27.7 Å². The molecule has 0 saturated heterocycles. The molecule has 0 spiro atoms. The second kappa shape index (κ2) is 9.66. The maximum absolute atomic E-state index is 12.8. The maximum atomic E-state index is 12.8. The molecule has 1 rings (SSSR count). The summed E-state index contributed by atoms with van der Waals surface area (Å²) in [6.45, 7) is 8.00. The van der Waals surface area contributed by atoms with Crippen molar-refractivity contribution in [3.8, 4) is 6.07 Å². The van der Waals surface area contributed by atoms with Gasteiger partial charge < -0.3 is 5.73 Å². The number of primary amides is 1. The SMILES string of the molecule is CC.CC.N#Cc1ccc(C(N)=O)cc1F. The van der Waals surface area contributed by atoms with E-state index in [0.29, 0.717) is 0 Å². The lowest BCUT2D eigenvalue weighted by Crippen LogP contribution is -2.11. The Morgan fingerprint density at radius 1 is 1.31 bits per heavy atom. The highest BCUT2D eigenvalue weighted by molar-refractivity contribution is 5.92. The summed E-state index contributed by atoms with van der Waals surface area (Å²) in [7, 11) is 0. The Hall–Kier alpha value is -1.89. The van der Waals surface area contributed by atoms with Crippen LogP contribution in [-0.4, -0.2) is 5.91 Å². The topological polar surface area (TPSA) is 66.9 Å². The monoisotopic (exact) mass is 224 g/mol. The number of benzene rings is 1. The molecule has 1 aromatic rings. The molecule has 1 amide bonds. The summed E-state index contributed by atoms with van der Waals surface area (Å²) in [5.41, 5.74) is 4.85. The molecule has 1 aromatic carbocycles. The Kier molecular flexibility index (Phi) is 9.98. The van der Waals surface area contributed by atoms with Crippen molar-refractivity contribution in [1.29, 1.82) is 5.26 Å². The van der Waals surface area contributed by atoms with Crippen LogP contribution in [0.5, 0.6) is 0 Å². The van der Waals surface area contributed by atoms with Crippen LogP contribution in [-0.2, 0) is 0 Å². The largest absolute Gasteiger partial charge is 0.366 e. The predicted octanol–water partition coefficient (Wildman–Crippen LogP) is 2.85. The predicted molar refractivity (Wildman–Crippen MR) is 62.3 cm³/mol. The van der Waals surface area contributed by atoms with Gasteiger partial charge in [-0.15, -0.1) is 0 Å². The van der Waals surface area contributed by atoms with E-state index in [2.05, 4.69) is 0 Å². The Balaban J connectivity index is 0. The van der Waals surface area contributed by atoms with Crippen molar-refractivity contribution in [2.24, 2.45) is 5.73 Å². The molecule has 0 heterocycles. The molecule has 0 saturated carbocycles. The van der Waals surface area contributed by atoms with Crippen LogP contribution in [0.1, 0.15) is 43.6 Å². The second-order valence-corrected chi connectivity index (χ2v) is 2.17. The highest BCUT2D eigenvalue weighted by atomic mass is 19.1. The zero-order valence-electron chi connectivity index (χ0n) is 10.0. The molecule has 0 atom stereocenters. The van der Waals surface area contributed by atoms with E-state index in [1.54, 1.807) is 6.07 Å². The molecule has 0 aromatic heterocycles. The molecule has 2 N–H and O–H groups in total. The third-order valence-corrected chi connectivity index (χ3v) is 1.37. The molecule has 4 heteroatoms. The molecule has 0 aliphatic rings. The molecule has 0 fully saturated rings. The molecule has 88 valence electrons. The highest BCUT2D eigenvalue weighted by Gasteiger charge is 2.05. The van der Waals surface area contributed by atoms with Gasteiger partial charge in [0.25, 0.3) is 0 Å². The normalized spacial score (nSPS) is 7.50. The highest BCUT2D eigenvalue weighted by Crippen LogP contribution is 2.08. The molecule has 0 aliphatic heterocycles. The Bertz CT molecular complexity index is 370. The van der Waals surface area contributed by atoms with Crippen LogP contribution in [0.3, 0.4) is 0 Å². The third-order valence-electron chi connectivity index (χ3n) is 1.37. The van der Waals surface area contributed by atoms with Gasteiger partial charge in [-0.2, -0.15) is 5.26 Å². The van der Waals surface area contributed by atoms with E-state index >= 15 is 0 Å². The third kappa shape index (κ3) is 5.11. The van der Waals surface area contributed by atoms with Gasteiger partial charge in [-0.1, -0.05) is 27.7 Å². The van der Waals surface area contributed by atoms with Crippen molar-refractivity contribution in [3.05, 3.63) is 35.1 Å². The Morgan fingerprint density at radius 3 is 2.12 bits per heavy atom. The van der Waals surface area contributed by atoms with Gasteiger partial charge in [-0.25, -0.2) is 4.39 Å². The van der Waals surface area contributed by atoms with Gasteiger partial charge in [0.05, 0.1) is 5.56 Å². The fraction of sp³-hybridized carbons (Fsp3) is 0.333. The van der Waals surface area contributed by atoms with Crippen LogP contribution in [0.25, 0.3) is 0 Å². The number of nitrogens with two attached hydrogens (primary N) is 1. The molecule has 16 heavy (non-hydrogen) atoms. The van der Waals surface area contributed by atoms with E-state index in [4.69, 9.17) is 11.0 Å². The molecule has 0 radical (unpaired) electrons. The van der Waals surface area contributed by atoms with Gasteiger partial charge in [0.2, 0.25) is 5.91 Å². The lowest BCUT2D eigenvalue weighted by atomic mass is 10.1. The number of amides is 1. The second-order valence-electron chi connectivity index (χ2n) is 2.17. The van der Waals surface area contributed by atoms with Crippen LogP contribution < -0.4 is 5.73 Å². The first-order valence-electron chi connectivity index (χ1n) is 5.14. The quantitative estimate of drug-likeness (QED) is 0.797. The van der Waals surface area contributed by atoms with Crippen molar-refractivity contribution in [1.82, 2.24) is 0 Å². The average molecular weight is 224 g/mol. The lowest BCUT2D eigenvalue weighted by molar-refractivity contribution is 0.1000. The Labute approximate surface area is 95.7 Å². The fourth-order valence-corrected chi connectivity index (χ4v) is 0.759. The smallest absolute Gasteiger partial charge is 0.248 e. The van der Waals surface area contributed by atoms with Crippen molar-refractivity contribution in [3.63, 3.8) is 0 Å². The summed E-state index contributed by atoms with van der Waals surface area (Å²) < 4.78 is 12.8. The molecule has 0 bridgehead atoms. The van der Waals surface area contributed by atoms with E-state index in [0.717, 1.165) is 6.07 Å². The number of rotatable bonds is 1. The van der Waals surface area contributed by atoms with E-state index in [1.165, 1.54) is 12.1 Å². The van der Waals surface area contributed by atoms with Crippen molar-refractivity contribution in [2.75, 3.05) is 0 Å². The maximum Gasteiger partial charge on any atom is 0.248 e. The number of carbonyl (C=O) groups excluding carboxylic acids is 1. The number of carbonyl (C=O) groups is 1. The first-order chi connectivity index (χ1) is 7.65. The van der Waals surface area contributed by atoms with Gasteiger partial charge in [0.15, 0.2) is 0 Å². The average Bonchev–Trinajstić information content (AvgIpc) is 2.34. The van der Waals surface area contributed by atoms with Gasteiger partial charge in [-0.05, 0) is 18.2 Å². The fourth-order valence-electron chi connectivity index (χ4n) is 0.759. The van der Waals surface area contributed by atoms with E-state index in [-0.39, 0.29) is 11.1 Å². The standard InChI is InChI=1S/C8H5FN2O.2C2H6/c9-7-3-5(8(11)12)1-2-6(7)4-10;2*1-2/h1-3H,(H2,11,12);2*1-2H3. The molecule has 3 nitrogen and oxygen atoms in total. The van der Waals surface area contributed by atoms with Crippen molar-refractivity contribution < 1.29 is 9.18 Å². The first-order valence-corrected chi connectivity index (χ1v) is 5.14. The summed E-state index contributed by atoms with van der Waals surface area (Å²) >= 11 is 0. The molecular weight excluding hydrogens is 207 g/mol. The van der Waals surface area contributed by atoms with Crippen LogP contribution in [0.15, 0.2) is 18.2 Å². The number of nitrogens with zero attached hydrogens (tertiary/aromatic N) is 1. The van der Waals surface area contributed by atoms with Crippen LogP contribution in [0.2, 0.25) is 0 Å². The number of hydrogen-bond acceptors (Lipinski definition) is 2. The zero-order valence-corrected chi connectivity index (χ0v) is 10.0. The van der Waals surface area contributed by atoms with Crippen LogP contribution >= 0.6 is 0 Å². The molecule has 0 unspecified atom stereocenters. The van der Waals surface area contributed by atoms with Gasteiger partial charge in [-0.3, -0.25) is 4.79 Å². The summed E-state index contributed by atoms with van der Waals surface area (Å²) in [4.78, 5) is 10.5. The van der Waals surface area contributed by atoms with Crippen LogP contribution in [0, 0.1) is 17.1 Å². The Morgan fingerprint density at radius 2 is 1.81 bits per heavy atom. The molecular formula is C12H17FN2O. The number of hydrogen-bond donors (Lipinski definition) is 1. The summed E-state index contributed by atoms with van der Waals surface area (Å²) in [5.74, 6) is -1.44. The van der Waals surface area contributed by atoms with E-state index < -0.39 is 11.7 Å². The van der Waals surface area contributed by atoms with Gasteiger partial charge in [0.1, 0.15) is 11.9 Å². The van der Waals surface area contributed by atoms with Crippen molar-refractivity contribution >= 4 is 5.91 Å². The lowest BCUT2D eigenvalue weighted by Gasteiger charge is -1.95. The molecule has 0 aliphatic carbocycles. The minimum atomic E-state index is -0.728. The number of nitriles is 1. The van der Waals surface area contributed by atoms with Gasteiger partial charge >= 0.3 is 0 Å². The minimum Gasteiger partial charge on any atom is -0.366 e. The van der Waals surface area contributed by atoms with Gasteiger partial charge in [0, 0.05) is 5.56 Å². The summed E-state index contributed by atoms with van der Waals surface area (Å²) in [6.07, 6.45) is 0. The summed E-state index contributed by atoms with van der Waals surface area (Å²) in [6, 6.07) is 5.11. The van der Waals surface area contributed by atoms with E-state index in [9.17, 15) is 9.18 Å². The number of halogens is 1. The zero-order chi connectivity index (χ0) is 13.1.